The van der Waals surface area contributed by atoms with E-state index in [2.05, 4.69) is 72.3 Å². The van der Waals surface area contributed by atoms with Crippen LogP contribution < -0.4 is 5.32 Å². The van der Waals surface area contributed by atoms with Crippen molar-refractivity contribution in [3.05, 3.63) is 53.3 Å². The average Bonchev–Trinajstić information content (AvgIpc) is 2.87. The Hall–Kier alpha value is -1.61. The van der Waals surface area contributed by atoms with Crippen molar-refractivity contribution >= 4 is 0 Å². The monoisotopic (exact) mass is 285 g/mol. The maximum Gasteiger partial charge on any atom is 0.0596 e. The zero-order valence-electron chi connectivity index (χ0n) is 13.7. The molecule has 0 aliphatic heterocycles. The number of benzene rings is 1. The molecule has 2 rings (SSSR count). The first-order chi connectivity index (χ1) is 10.1. The first-order valence-electron chi connectivity index (χ1n) is 7.88. The molecule has 1 aromatic heterocycles. The van der Waals surface area contributed by atoms with Gasteiger partial charge in [-0.3, -0.25) is 4.68 Å². The van der Waals surface area contributed by atoms with E-state index in [0.29, 0.717) is 0 Å². The van der Waals surface area contributed by atoms with Crippen LogP contribution >= 0.6 is 0 Å². The van der Waals surface area contributed by atoms with Gasteiger partial charge in [-0.15, -0.1) is 0 Å². The fourth-order valence-corrected chi connectivity index (χ4v) is 3.21. The Balaban J connectivity index is 2.40. The molecule has 1 atom stereocenters. The molecule has 0 amide bonds. The zero-order valence-corrected chi connectivity index (χ0v) is 13.7. The van der Waals surface area contributed by atoms with Gasteiger partial charge < -0.3 is 5.32 Å². The summed E-state index contributed by atoms with van der Waals surface area (Å²) in [5, 5.41) is 7.99. The van der Waals surface area contributed by atoms with Gasteiger partial charge in [-0.2, -0.15) is 5.10 Å². The summed E-state index contributed by atoms with van der Waals surface area (Å²) >= 11 is 0. The molecule has 2 aromatic rings. The quantitative estimate of drug-likeness (QED) is 0.845. The van der Waals surface area contributed by atoms with E-state index in [9.17, 15) is 0 Å². The summed E-state index contributed by atoms with van der Waals surface area (Å²) in [6, 6.07) is 13.1. The summed E-state index contributed by atoms with van der Waals surface area (Å²) in [7, 11) is 2.04. The van der Waals surface area contributed by atoms with Crippen LogP contribution in [-0.4, -0.2) is 23.4 Å². The Labute approximate surface area is 128 Å². The molecule has 1 unspecified atom stereocenters. The fourth-order valence-electron chi connectivity index (χ4n) is 3.21. The largest absolute Gasteiger partial charge is 0.319 e. The lowest BCUT2D eigenvalue weighted by Gasteiger charge is -2.33. The Morgan fingerprint density at radius 2 is 1.90 bits per heavy atom. The van der Waals surface area contributed by atoms with Gasteiger partial charge in [0.05, 0.1) is 5.69 Å². The molecule has 0 aliphatic rings. The van der Waals surface area contributed by atoms with Gasteiger partial charge in [0.25, 0.3) is 0 Å². The van der Waals surface area contributed by atoms with E-state index < -0.39 is 0 Å². The highest BCUT2D eigenvalue weighted by atomic mass is 15.3. The molecule has 0 radical (unpaired) electrons. The zero-order chi connectivity index (χ0) is 15.3. The third-order valence-electron chi connectivity index (χ3n) is 4.38. The molecule has 21 heavy (non-hydrogen) atoms. The van der Waals surface area contributed by atoms with Gasteiger partial charge in [0.2, 0.25) is 0 Å². The van der Waals surface area contributed by atoms with Gasteiger partial charge in [-0.1, -0.05) is 37.3 Å². The van der Waals surface area contributed by atoms with Crippen LogP contribution in [0.2, 0.25) is 0 Å². The Morgan fingerprint density at radius 1 is 1.19 bits per heavy atom. The highest BCUT2D eigenvalue weighted by Gasteiger charge is 2.31. The lowest BCUT2D eigenvalue weighted by molar-refractivity contribution is 0.378. The lowest BCUT2D eigenvalue weighted by Crippen LogP contribution is -2.39. The van der Waals surface area contributed by atoms with Crippen molar-refractivity contribution in [2.24, 2.45) is 0 Å². The van der Waals surface area contributed by atoms with Gasteiger partial charge in [0.1, 0.15) is 0 Å². The van der Waals surface area contributed by atoms with Crippen LogP contribution in [-0.2, 0) is 18.4 Å². The smallest absolute Gasteiger partial charge is 0.0596 e. The predicted octanol–water partition coefficient (Wildman–Crippen LogP) is 3.32. The van der Waals surface area contributed by atoms with Crippen LogP contribution in [0.3, 0.4) is 0 Å². The molecule has 3 nitrogen and oxygen atoms in total. The van der Waals surface area contributed by atoms with Crippen molar-refractivity contribution in [2.75, 3.05) is 13.6 Å². The second-order valence-corrected chi connectivity index (χ2v) is 5.80. The minimum atomic E-state index is 0.120. The van der Waals surface area contributed by atoms with Crippen molar-refractivity contribution in [1.29, 1.82) is 0 Å². The van der Waals surface area contributed by atoms with E-state index in [1.54, 1.807) is 0 Å². The molecule has 0 saturated carbocycles. The van der Waals surface area contributed by atoms with Gasteiger partial charge in [0, 0.05) is 30.6 Å². The van der Waals surface area contributed by atoms with Crippen LogP contribution in [0.5, 0.6) is 0 Å². The average molecular weight is 285 g/mol. The standard InChI is InChI=1S/C18H27N3/c1-5-18(14-19-4,16-10-8-7-9-11-16)13-17-12-15(3)20-21(17)6-2/h7-12,19H,5-6,13-14H2,1-4H3. The number of likely N-dealkylation sites (N-methyl/N-ethyl adjacent to an activating group) is 1. The van der Waals surface area contributed by atoms with Gasteiger partial charge in [-0.05, 0) is 38.9 Å². The molecule has 0 spiro atoms. The van der Waals surface area contributed by atoms with E-state index in [4.69, 9.17) is 0 Å². The summed E-state index contributed by atoms with van der Waals surface area (Å²) in [5.41, 5.74) is 3.96. The SMILES string of the molecule is CCn1nc(C)cc1CC(CC)(CNC)c1ccccc1. The Bertz CT molecular complexity index is 559. The number of aryl methyl sites for hydroxylation is 2. The van der Waals surface area contributed by atoms with Crippen molar-refractivity contribution in [3.63, 3.8) is 0 Å². The predicted molar refractivity (Wildman–Crippen MR) is 88.7 cm³/mol. The topological polar surface area (TPSA) is 29.9 Å². The van der Waals surface area contributed by atoms with Gasteiger partial charge in [-0.25, -0.2) is 0 Å². The van der Waals surface area contributed by atoms with Crippen molar-refractivity contribution in [2.45, 2.75) is 45.6 Å². The summed E-state index contributed by atoms with van der Waals surface area (Å²) < 4.78 is 2.14. The third-order valence-corrected chi connectivity index (χ3v) is 4.38. The second kappa shape index (κ2) is 6.90. The number of hydrogen-bond acceptors (Lipinski definition) is 2. The molecule has 0 saturated heterocycles. The fraction of sp³-hybridized carbons (Fsp3) is 0.500. The number of rotatable bonds is 7. The molecular formula is C18H27N3. The first kappa shape index (κ1) is 15.8. The number of hydrogen-bond donors (Lipinski definition) is 1. The second-order valence-electron chi connectivity index (χ2n) is 5.80. The summed E-state index contributed by atoms with van der Waals surface area (Å²) in [5.74, 6) is 0. The molecule has 1 aromatic carbocycles. The summed E-state index contributed by atoms with van der Waals surface area (Å²) in [6.45, 7) is 8.41. The van der Waals surface area contributed by atoms with E-state index >= 15 is 0 Å². The maximum atomic E-state index is 4.60. The van der Waals surface area contributed by atoms with Gasteiger partial charge >= 0.3 is 0 Å². The van der Waals surface area contributed by atoms with Crippen LogP contribution in [0, 0.1) is 6.92 Å². The molecule has 0 fully saturated rings. The Kier molecular flexibility index (Phi) is 5.18. The summed E-state index contributed by atoms with van der Waals surface area (Å²) in [6.07, 6.45) is 2.12. The molecule has 0 bridgehead atoms. The van der Waals surface area contributed by atoms with E-state index in [1.165, 1.54) is 11.3 Å². The third kappa shape index (κ3) is 3.35. The van der Waals surface area contributed by atoms with Crippen LogP contribution in [0.25, 0.3) is 0 Å². The van der Waals surface area contributed by atoms with Crippen LogP contribution in [0.15, 0.2) is 36.4 Å². The molecule has 1 heterocycles. The maximum absolute atomic E-state index is 4.60. The van der Waals surface area contributed by atoms with Gasteiger partial charge in [0.15, 0.2) is 0 Å². The van der Waals surface area contributed by atoms with Crippen molar-refractivity contribution in [1.82, 2.24) is 15.1 Å². The van der Waals surface area contributed by atoms with Crippen LogP contribution in [0.4, 0.5) is 0 Å². The minimum absolute atomic E-state index is 0.120. The first-order valence-corrected chi connectivity index (χ1v) is 7.88. The van der Waals surface area contributed by atoms with Crippen molar-refractivity contribution in [3.8, 4) is 0 Å². The summed E-state index contributed by atoms with van der Waals surface area (Å²) in [4.78, 5) is 0. The normalized spacial score (nSPS) is 14.1. The Morgan fingerprint density at radius 3 is 2.48 bits per heavy atom. The molecule has 1 N–H and O–H groups in total. The minimum Gasteiger partial charge on any atom is -0.319 e. The lowest BCUT2D eigenvalue weighted by atomic mass is 9.74. The molecule has 3 heteroatoms. The highest BCUT2D eigenvalue weighted by molar-refractivity contribution is 5.29. The van der Waals surface area contributed by atoms with Crippen molar-refractivity contribution < 1.29 is 0 Å². The molecule has 0 aliphatic carbocycles. The number of nitrogens with zero attached hydrogens (tertiary/aromatic N) is 2. The van der Waals surface area contributed by atoms with E-state index in [0.717, 1.165) is 31.6 Å². The van der Waals surface area contributed by atoms with E-state index in [1.807, 2.05) is 7.05 Å². The molecular weight excluding hydrogens is 258 g/mol. The van der Waals surface area contributed by atoms with E-state index in [-0.39, 0.29) is 5.41 Å². The number of nitrogens with one attached hydrogen (secondary N) is 1. The number of aromatic nitrogens is 2. The molecule has 114 valence electrons. The van der Waals surface area contributed by atoms with Crippen LogP contribution in [0.1, 0.15) is 37.2 Å². The highest BCUT2D eigenvalue weighted by Crippen LogP contribution is 2.31.